The maximum atomic E-state index is 13.3. The second kappa shape index (κ2) is 9.62. The Morgan fingerprint density at radius 1 is 1.27 bits per heavy atom. The number of thiazole rings is 1. The van der Waals surface area contributed by atoms with Gasteiger partial charge in [0.25, 0.3) is 5.91 Å². The molecule has 0 N–H and O–H groups in total. The number of carbonyl (C=O) groups excluding carboxylic acids is 1. The van der Waals surface area contributed by atoms with Crippen LogP contribution in [0.2, 0.25) is 4.34 Å². The average Bonchev–Trinajstić information content (AvgIpc) is 3.39. The van der Waals surface area contributed by atoms with Gasteiger partial charge in [0.15, 0.2) is 5.13 Å². The molecule has 2 aromatic heterocycles. The fraction of sp³-hybridized carbons (Fsp3) is 0.429. The monoisotopic (exact) mass is 465 g/mol. The molecule has 30 heavy (non-hydrogen) atoms. The minimum absolute atomic E-state index is 0.0652. The first-order valence-electron chi connectivity index (χ1n) is 9.88. The second-order valence-electron chi connectivity index (χ2n) is 7.13. The minimum Gasteiger partial charge on any atom is -0.494 e. The van der Waals surface area contributed by atoms with Crippen molar-refractivity contribution in [1.82, 2.24) is 9.88 Å². The Morgan fingerprint density at radius 3 is 2.77 bits per heavy atom. The lowest BCUT2D eigenvalue weighted by Crippen LogP contribution is -2.39. The highest BCUT2D eigenvalue weighted by Crippen LogP contribution is 2.37. The number of halogens is 1. The van der Waals surface area contributed by atoms with Crippen LogP contribution in [-0.4, -0.2) is 62.3 Å². The number of thiophene rings is 1. The van der Waals surface area contributed by atoms with Gasteiger partial charge in [-0.3, -0.25) is 14.6 Å². The largest absolute Gasteiger partial charge is 0.494 e. The average molecular weight is 466 g/mol. The molecule has 6 nitrogen and oxygen atoms in total. The lowest BCUT2D eigenvalue weighted by molar-refractivity contribution is 0.0376. The molecule has 0 spiro atoms. The Balaban J connectivity index is 1.61. The summed E-state index contributed by atoms with van der Waals surface area (Å²) in [6, 6.07) is 7.48. The third-order valence-corrected chi connectivity index (χ3v) is 7.56. The predicted molar refractivity (Wildman–Crippen MR) is 124 cm³/mol. The molecule has 3 aromatic rings. The van der Waals surface area contributed by atoms with Gasteiger partial charge in [0.1, 0.15) is 11.3 Å². The standard InChI is InChI=1S/C21H24ClN3O3S2/c1-14-4-5-15(27-2)18-19(14)30-21(23-18)25(20(26)16-6-7-17(22)29-16)9-3-8-24-10-12-28-13-11-24/h4-7H,3,8-13H2,1-2H3. The lowest BCUT2D eigenvalue weighted by Gasteiger charge is -2.27. The van der Waals surface area contributed by atoms with Gasteiger partial charge < -0.3 is 9.47 Å². The van der Waals surface area contributed by atoms with E-state index in [4.69, 9.17) is 26.1 Å². The molecule has 0 bridgehead atoms. The maximum Gasteiger partial charge on any atom is 0.270 e. The smallest absolute Gasteiger partial charge is 0.270 e. The van der Waals surface area contributed by atoms with Gasteiger partial charge >= 0.3 is 0 Å². The van der Waals surface area contributed by atoms with E-state index in [0.717, 1.165) is 60.8 Å². The maximum absolute atomic E-state index is 13.3. The summed E-state index contributed by atoms with van der Waals surface area (Å²) in [5, 5.41) is 0.689. The van der Waals surface area contributed by atoms with Gasteiger partial charge in [-0.15, -0.1) is 11.3 Å². The number of amides is 1. The number of carbonyl (C=O) groups is 1. The summed E-state index contributed by atoms with van der Waals surface area (Å²) >= 11 is 8.91. The number of nitrogens with zero attached hydrogens (tertiary/aromatic N) is 3. The van der Waals surface area contributed by atoms with Crippen molar-refractivity contribution in [1.29, 1.82) is 0 Å². The SMILES string of the molecule is COc1ccc(C)c2sc(N(CCCN3CCOCC3)C(=O)c3ccc(Cl)s3)nc12. The zero-order chi connectivity index (χ0) is 21.1. The summed E-state index contributed by atoms with van der Waals surface area (Å²) < 4.78 is 12.6. The number of morpholine rings is 1. The molecule has 1 fully saturated rings. The molecule has 1 amide bonds. The summed E-state index contributed by atoms with van der Waals surface area (Å²) in [5.74, 6) is 0.655. The first kappa shape index (κ1) is 21.5. The topological polar surface area (TPSA) is 54.9 Å². The number of ether oxygens (including phenoxy) is 2. The number of hydrogen-bond donors (Lipinski definition) is 0. The van der Waals surface area contributed by atoms with E-state index in [0.29, 0.717) is 20.9 Å². The molecule has 1 aliphatic rings. The van der Waals surface area contributed by atoms with Crippen molar-refractivity contribution in [3.05, 3.63) is 39.0 Å². The summed E-state index contributed by atoms with van der Waals surface area (Å²) in [7, 11) is 1.64. The van der Waals surface area contributed by atoms with Gasteiger partial charge in [-0.2, -0.15) is 0 Å². The minimum atomic E-state index is -0.0652. The highest BCUT2D eigenvalue weighted by atomic mass is 35.5. The molecular formula is C21H24ClN3O3S2. The molecule has 4 rings (SSSR count). The molecule has 0 unspecified atom stereocenters. The molecule has 9 heteroatoms. The van der Waals surface area contributed by atoms with Crippen molar-refractivity contribution in [2.75, 3.05) is 51.4 Å². The summed E-state index contributed by atoms with van der Waals surface area (Å²) in [5.41, 5.74) is 1.92. The molecule has 0 saturated carbocycles. The molecular weight excluding hydrogens is 442 g/mol. The lowest BCUT2D eigenvalue weighted by atomic mass is 10.2. The van der Waals surface area contributed by atoms with Crippen molar-refractivity contribution in [3.8, 4) is 5.75 Å². The molecule has 0 atom stereocenters. The van der Waals surface area contributed by atoms with E-state index < -0.39 is 0 Å². The third kappa shape index (κ3) is 4.63. The number of anilines is 1. The van der Waals surface area contributed by atoms with Crippen LogP contribution < -0.4 is 9.64 Å². The van der Waals surface area contributed by atoms with E-state index in [9.17, 15) is 4.79 Å². The molecule has 1 aromatic carbocycles. The molecule has 1 aliphatic heterocycles. The van der Waals surface area contributed by atoms with Crippen LogP contribution in [-0.2, 0) is 4.74 Å². The van der Waals surface area contributed by atoms with Crippen LogP contribution in [0.3, 0.4) is 0 Å². The number of hydrogen-bond acceptors (Lipinski definition) is 7. The Kier molecular flexibility index (Phi) is 6.90. The predicted octanol–water partition coefficient (Wildman–Crippen LogP) is 4.70. The number of rotatable bonds is 7. The number of fused-ring (bicyclic) bond motifs is 1. The van der Waals surface area contributed by atoms with E-state index in [-0.39, 0.29) is 5.91 Å². The highest BCUT2D eigenvalue weighted by molar-refractivity contribution is 7.22. The fourth-order valence-electron chi connectivity index (χ4n) is 3.50. The van der Waals surface area contributed by atoms with Gasteiger partial charge in [0.05, 0.1) is 34.2 Å². The van der Waals surface area contributed by atoms with E-state index in [1.165, 1.54) is 22.7 Å². The highest BCUT2D eigenvalue weighted by Gasteiger charge is 2.24. The number of benzene rings is 1. The van der Waals surface area contributed by atoms with Crippen molar-refractivity contribution >= 4 is 55.5 Å². The van der Waals surface area contributed by atoms with Crippen LogP contribution in [0, 0.1) is 6.92 Å². The van der Waals surface area contributed by atoms with E-state index in [1.54, 1.807) is 24.1 Å². The van der Waals surface area contributed by atoms with Crippen LogP contribution >= 0.6 is 34.3 Å². The fourth-order valence-corrected chi connectivity index (χ4v) is 5.57. The molecule has 3 heterocycles. The molecule has 160 valence electrons. The van der Waals surface area contributed by atoms with Gasteiger partial charge in [0, 0.05) is 26.2 Å². The van der Waals surface area contributed by atoms with Gasteiger partial charge in [0.2, 0.25) is 0 Å². The number of aromatic nitrogens is 1. The van der Waals surface area contributed by atoms with Crippen LogP contribution in [0.15, 0.2) is 24.3 Å². The van der Waals surface area contributed by atoms with Crippen LogP contribution in [0.5, 0.6) is 5.75 Å². The van der Waals surface area contributed by atoms with Gasteiger partial charge in [-0.25, -0.2) is 4.98 Å². The Bertz CT molecular complexity index is 1030. The molecule has 0 radical (unpaired) electrons. The quantitative estimate of drug-likeness (QED) is 0.506. The normalized spacial score (nSPS) is 14.9. The second-order valence-corrected chi connectivity index (χ2v) is 9.82. The van der Waals surface area contributed by atoms with Crippen LogP contribution in [0.4, 0.5) is 5.13 Å². The Morgan fingerprint density at radius 2 is 2.07 bits per heavy atom. The number of methoxy groups -OCH3 is 1. The van der Waals surface area contributed by atoms with E-state index >= 15 is 0 Å². The van der Waals surface area contributed by atoms with Crippen molar-refractivity contribution in [3.63, 3.8) is 0 Å². The molecule has 0 aliphatic carbocycles. The number of aryl methyl sites for hydroxylation is 1. The first-order chi connectivity index (χ1) is 14.6. The van der Waals surface area contributed by atoms with Crippen LogP contribution in [0.25, 0.3) is 10.2 Å². The van der Waals surface area contributed by atoms with Crippen LogP contribution in [0.1, 0.15) is 21.7 Å². The van der Waals surface area contributed by atoms with Gasteiger partial charge in [-0.1, -0.05) is 29.0 Å². The zero-order valence-electron chi connectivity index (χ0n) is 17.0. The summed E-state index contributed by atoms with van der Waals surface area (Å²) in [6.07, 6.45) is 0.858. The Labute approximate surface area is 189 Å². The zero-order valence-corrected chi connectivity index (χ0v) is 19.4. The van der Waals surface area contributed by atoms with Crippen molar-refractivity contribution < 1.29 is 14.3 Å². The molecule has 1 saturated heterocycles. The summed E-state index contributed by atoms with van der Waals surface area (Å²) in [6.45, 7) is 6.98. The van der Waals surface area contributed by atoms with Gasteiger partial charge in [-0.05, 0) is 37.1 Å². The first-order valence-corrected chi connectivity index (χ1v) is 11.9. The van der Waals surface area contributed by atoms with E-state index in [1.807, 2.05) is 19.1 Å². The van der Waals surface area contributed by atoms with E-state index in [2.05, 4.69) is 4.90 Å². The summed E-state index contributed by atoms with van der Waals surface area (Å²) in [4.78, 5) is 22.9. The van der Waals surface area contributed by atoms with Crippen molar-refractivity contribution in [2.45, 2.75) is 13.3 Å². The third-order valence-electron chi connectivity index (χ3n) is 5.13. The van der Waals surface area contributed by atoms with Crippen molar-refractivity contribution in [2.24, 2.45) is 0 Å². The Hall–Kier alpha value is -1.71.